The summed E-state index contributed by atoms with van der Waals surface area (Å²) in [5, 5.41) is 19.4. The lowest BCUT2D eigenvalue weighted by molar-refractivity contribution is 0.142. The van der Waals surface area contributed by atoms with Gasteiger partial charge in [0.25, 0.3) is 0 Å². The third-order valence-corrected chi connectivity index (χ3v) is 5.62. The molecule has 1 saturated heterocycles. The lowest BCUT2D eigenvalue weighted by Crippen LogP contribution is -2.48. The van der Waals surface area contributed by atoms with E-state index in [4.69, 9.17) is 16.7 Å². The van der Waals surface area contributed by atoms with Crippen molar-refractivity contribution in [3.05, 3.63) is 27.8 Å². The minimum Gasteiger partial charge on any atom is -0.465 e. The van der Waals surface area contributed by atoms with E-state index in [9.17, 15) is 9.59 Å². The van der Waals surface area contributed by atoms with Crippen LogP contribution in [0.5, 0.6) is 0 Å². The Labute approximate surface area is 165 Å². The first kappa shape index (κ1) is 18.5. The van der Waals surface area contributed by atoms with Gasteiger partial charge in [-0.2, -0.15) is 0 Å². The van der Waals surface area contributed by atoms with E-state index in [0.717, 1.165) is 21.8 Å². The maximum absolute atomic E-state index is 12.7. The average Bonchev–Trinajstić information content (AvgIpc) is 2.96. The van der Waals surface area contributed by atoms with Crippen LogP contribution in [0.25, 0.3) is 21.8 Å². The molecule has 0 saturated carbocycles. The van der Waals surface area contributed by atoms with Crippen LogP contribution in [-0.4, -0.2) is 61.6 Å². The zero-order valence-electron chi connectivity index (χ0n) is 15.7. The normalized spacial score (nSPS) is 15.0. The van der Waals surface area contributed by atoms with Crippen molar-refractivity contribution in [2.24, 2.45) is 0 Å². The molecular weight excluding hydrogens is 384 g/mol. The summed E-state index contributed by atoms with van der Waals surface area (Å²) < 4.78 is 3.46. The Kier molecular flexibility index (Phi) is 4.62. The second kappa shape index (κ2) is 6.97. The summed E-state index contributed by atoms with van der Waals surface area (Å²) in [5.74, 6) is 0.658. The van der Waals surface area contributed by atoms with Gasteiger partial charge in [0.2, 0.25) is 0 Å². The van der Waals surface area contributed by atoms with E-state index >= 15 is 0 Å². The fourth-order valence-electron chi connectivity index (χ4n) is 3.87. The van der Waals surface area contributed by atoms with E-state index in [1.54, 1.807) is 9.13 Å². The van der Waals surface area contributed by atoms with Crippen LogP contribution in [0.15, 0.2) is 16.9 Å². The molecule has 0 spiro atoms. The maximum atomic E-state index is 12.7. The molecule has 9 nitrogen and oxygen atoms in total. The molecular formula is C18H21ClN6O3. The number of aryl methyl sites for hydroxylation is 2. The van der Waals surface area contributed by atoms with Gasteiger partial charge in [-0.25, -0.2) is 9.59 Å². The largest absolute Gasteiger partial charge is 0.465 e. The smallest absolute Gasteiger partial charge is 0.407 e. The highest BCUT2D eigenvalue weighted by Crippen LogP contribution is 2.32. The molecule has 148 valence electrons. The summed E-state index contributed by atoms with van der Waals surface area (Å²) >= 11 is 6.34. The molecule has 3 heterocycles. The van der Waals surface area contributed by atoms with E-state index in [2.05, 4.69) is 10.2 Å². The van der Waals surface area contributed by atoms with Crippen LogP contribution in [0.2, 0.25) is 5.15 Å². The van der Waals surface area contributed by atoms with Gasteiger partial charge >= 0.3 is 11.8 Å². The first-order chi connectivity index (χ1) is 13.5. The molecule has 1 amide bonds. The average molecular weight is 405 g/mol. The minimum absolute atomic E-state index is 0.0519. The number of benzene rings is 1. The first-order valence-electron chi connectivity index (χ1n) is 9.28. The lowest BCUT2D eigenvalue weighted by atomic mass is 10.1. The molecule has 0 bridgehead atoms. The van der Waals surface area contributed by atoms with Gasteiger partial charge in [-0.15, -0.1) is 10.2 Å². The van der Waals surface area contributed by atoms with E-state index in [1.807, 2.05) is 30.9 Å². The molecule has 1 aliphatic rings. The number of carboxylic acid groups (broad SMARTS) is 1. The number of carbonyl (C=O) groups is 1. The molecule has 1 aliphatic heterocycles. The fourth-order valence-corrected chi connectivity index (χ4v) is 4.06. The van der Waals surface area contributed by atoms with Crippen molar-refractivity contribution >= 4 is 45.3 Å². The minimum atomic E-state index is -0.915. The predicted octanol–water partition coefficient (Wildman–Crippen LogP) is 2.24. The highest BCUT2D eigenvalue weighted by atomic mass is 35.5. The van der Waals surface area contributed by atoms with Crippen molar-refractivity contribution < 1.29 is 9.90 Å². The summed E-state index contributed by atoms with van der Waals surface area (Å²) in [5.41, 5.74) is 1.60. The van der Waals surface area contributed by atoms with Crippen LogP contribution in [0, 0.1) is 0 Å². The number of rotatable bonds is 3. The fraction of sp³-hybridized carbons (Fsp3) is 0.444. The van der Waals surface area contributed by atoms with Gasteiger partial charge in [0.05, 0.1) is 11.0 Å². The topological polar surface area (TPSA) is 96.5 Å². The number of halogens is 1. The number of hydrogen-bond acceptors (Lipinski definition) is 5. The van der Waals surface area contributed by atoms with Gasteiger partial charge < -0.3 is 14.9 Å². The molecule has 0 atom stereocenters. The molecule has 10 heteroatoms. The Morgan fingerprint density at radius 2 is 1.61 bits per heavy atom. The molecule has 1 N–H and O–H groups in total. The maximum Gasteiger partial charge on any atom is 0.407 e. The van der Waals surface area contributed by atoms with Gasteiger partial charge in [0.15, 0.2) is 11.0 Å². The quantitative estimate of drug-likeness (QED) is 0.719. The van der Waals surface area contributed by atoms with Crippen molar-refractivity contribution in [2.45, 2.75) is 26.9 Å². The van der Waals surface area contributed by atoms with Crippen molar-refractivity contribution in [3.8, 4) is 0 Å². The van der Waals surface area contributed by atoms with Gasteiger partial charge in [-0.05, 0) is 26.0 Å². The molecule has 0 aliphatic carbocycles. The monoisotopic (exact) mass is 404 g/mol. The summed E-state index contributed by atoms with van der Waals surface area (Å²) in [6.45, 7) is 6.84. The predicted molar refractivity (Wildman–Crippen MR) is 107 cm³/mol. The first-order valence-corrected chi connectivity index (χ1v) is 9.65. The molecule has 2 aromatic heterocycles. The molecule has 0 radical (unpaired) electrons. The standard InChI is InChI=1S/C18H21ClN6O3/c1-3-24-13-9-11-12(10-14(13)25(4-2)17(24)26)16(21-20-15(11)19)22-5-7-23(8-6-22)18(27)28/h9-10H,3-8H2,1-2H3,(H,27,28). The Morgan fingerprint density at radius 1 is 1.04 bits per heavy atom. The lowest BCUT2D eigenvalue weighted by Gasteiger charge is -2.34. The number of anilines is 1. The molecule has 4 rings (SSSR count). The van der Waals surface area contributed by atoms with Crippen LogP contribution >= 0.6 is 11.6 Å². The van der Waals surface area contributed by atoms with Gasteiger partial charge in [-0.1, -0.05) is 11.6 Å². The highest BCUT2D eigenvalue weighted by Gasteiger charge is 2.24. The third-order valence-electron chi connectivity index (χ3n) is 5.34. The van der Waals surface area contributed by atoms with Gasteiger partial charge in [-0.3, -0.25) is 9.13 Å². The Hall–Kier alpha value is -2.81. The Morgan fingerprint density at radius 3 is 2.14 bits per heavy atom. The number of aromatic nitrogens is 4. The van der Waals surface area contributed by atoms with Crippen molar-refractivity contribution in [2.75, 3.05) is 31.1 Å². The third kappa shape index (κ3) is 2.77. The van der Waals surface area contributed by atoms with E-state index in [1.165, 1.54) is 4.90 Å². The number of piperazine rings is 1. The van der Waals surface area contributed by atoms with Crippen molar-refractivity contribution in [1.82, 2.24) is 24.2 Å². The van der Waals surface area contributed by atoms with Crippen molar-refractivity contribution in [3.63, 3.8) is 0 Å². The highest BCUT2D eigenvalue weighted by molar-refractivity contribution is 6.35. The number of fused-ring (bicyclic) bond motifs is 2. The second-order valence-electron chi connectivity index (χ2n) is 6.73. The summed E-state index contributed by atoms with van der Waals surface area (Å²) in [6, 6.07) is 3.84. The summed E-state index contributed by atoms with van der Waals surface area (Å²) in [4.78, 5) is 27.3. The van der Waals surface area contributed by atoms with Gasteiger partial charge in [0, 0.05) is 50.0 Å². The second-order valence-corrected chi connectivity index (χ2v) is 7.09. The molecule has 0 unspecified atom stereocenters. The molecule has 1 fully saturated rings. The van der Waals surface area contributed by atoms with Crippen LogP contribution < -0.4 is 10.6 Å². The SMILES string of the molecule is CCn1c(=O)n(CC)c2cc3c(N4CCN(C(=O)O)CC4)nnc(Cl)c3cc21. The van der Waals surface area contributed by atoms with Crippen LogP contribution in [0.1, 0.15) is 13.8 Å². The van der Waals surface area contributed by atoms with E-state index in [0.29, 0.717) is 45.1 Å². The van der Waals surface area contributed by atoms with Crippen LogP contribution in [0.3, 0.4) is 0 Å². The van der Waals surface area contributed by atoms with E-state index in [-0.39, 0.29) is 10.8 Å². The molecule has 1 aromatic carbocycles. The molecule has 3 aromatic rings. The van der Waals surface area contributed by atoms with Crippen LogP contribution in [0.4, 0.5) is 10.6 Å². The van der Waals surface area contributed by atoms with Crippen molar-refractivity contribution in [1.29, 1.82) is 0 Å². The zero-order chi connectivity index (χ0) is 20.0. The van der Waals surface area contributed by atoms with E-state index < -0.39 is 6.09 Å². The van der Waals surface area contributed by atoms with Gasteiger partial charge in [0.1, 0.15) is 0 Å². The summed E-state index contributed by atoms with van der Waals surface area (Å²) in [6.07, 6.45) is -0.915. The van der Waals surface area contributed by atoms with Crippen LogP contribution in [-0.2, 0) is 13.1 Å². The Bertz CT molecular complexity index is 1130. The number of hydrogen-bond donors (Lipinski definition) is 1. The number of nitrogens with zero attached hydrogens (tertiary/aromatic N) is 6. The summed E-state index contributed by atoms with van der Waals surface area (Å²) in [7, 11) is 0. The number of imidazole rings is 1. The molecule has 28 heavy (non-hydrogen) atoms. The zero-order valence-corrected chi connectivity index (χ0v) is 16.5. The Balaban J connectivity index is 1.89. The number of amides is 1.